The molecule has 0 saturated carbocycles. The summed E-state index contributed by atoms with van der Waals surface area (Å²) in [5.74, 6) is 0.827. The Hall–Kier alpha value is -0.980. The number of rotatable bonds is 6. The summed E-state index contributed by atoms with van der Waals surface area (Å²) >= 11 is 13.2. The van der Waals surface area contributed by atoms with E-state index in [0.717, 1.165) is 11.8 Å². The molecule has 0 fully saturated rings. The summed E-state index contributed by atoms with van der Waals surface area (Å²) in [5.41, 5.74) is -0.246. The van der Waals surface area contributed by atoms with E-state index < -0.39 is 10.8 Å². The number of amides is 1. The summed E-state index contributed by atoms with van der Waals surface area (Å²) in [6, 6.07) is 2.45. The van der Waals surface area contributed by atoms with Crippen molar-refractivity contribution in [1.82, 2.24) is 5.32 Å². The van der Waals surface area contributed by atoms with Crippen LogP contribution in [0.25, 0.3) is 0 Å². The fourth-order valence-corrected chi connectivity index (χ4v) is 2.63. The van der Waals surface area contributed by atoms with Gasteiger partial charge >= 0.3 is 0 Å². The molecular formula is C12H14Cl2N2O3S. The lowest BCUT2D eigenvalue weighted by Gasteiger charge is -2.11. The Morgan fingerprint density at radius 3 is 2.70 bits per heavy atom. The average molecular weight is 337 g/mol. The fourth-order valence-electron chi connectivity index (χ4n) is 1.55. The first-order valence-electron chi connectivity index (χ1n) is 5.77. The van der Waals surface area contributed by atoms with E-state index in [1.165, 1.54) is 6.07 Å². The van der Waals surface area contributed by atoms with Gasteiger partial charge in [0.1, 0.15) is 5.02 Å². The molecule has 1 atom stereocenters. The predicted molar refractivity (Wildman–Crippen MR) is 83.0 cm³/mol. The van der Waals surface area contributed by atoms with Gasteiger partial charge in [0.15, 0.2) is 0 Å². The lowest BCUT2D eigenvalue weighted by atomic mass is 10.1. The summed E-state index contributed by atoms with van der Waals surface area (Å²) in [6.07, 6.45) is 1.99. The van der Waals surface area contributed by atoms with Crippen LogP contribution in [0.1, 0.15) is 17.3 Å². The maximum absolute atomic E-state index is 11.9. The molecule has 0 bridgehead atoms. The van der Waals surface area contributed by atoms with Crippen LogP contribution in [0, 0.1) is 16.0 Å². The number of carbonyl (C=O) groups is 1. The fraction of sp³-hybridized carbons (Fsp3) is 0.417. The van der Waals surface area contributed by atoms with Crippen LogP contribution in [-0.2, 0) is 0 Å². The standard InChI is InChI=1S/C12H14Cl2N2O3S/c1-7(6-20-2)5-15-12(17)8-3-9(13)11(14)10(4-8)16(18)19/h3-4,7H,5-6H2,1-2H3,(H,15,17). The Kier molecular flexibility index (Phi) is 6.58. The summed E-state index contributed by atoms with van der Waals surface area (Å²) in [4.78, 5) is 22.1. The van der Waals surface area contributed by atoms with Crippen molar-refractivity contribution < 1.29 is 9.72 Å². The smallest absolute Gasteiger partial charge is 0.290 e. The molecule has 0 aliphatic carbocycles. The van der Waals surface area contributed by atoms with E-state index in [2.05, 4.69) is 5.32 Å². The molecule has 0 aliphatic heterocycles. The quantitative estimate of drug-likeness (QED) is 0.635. The molecule has 1 aromatic rings. The van der Waals surface area contributed by atoms with Crippen molar-refractivity contribution in [2.24, 2.45) is 5.92 Å². The van der Waals surface area contributed by atoms with Gasteiger partial charge in [0.2, 0.25) is 0 Å². The van der Waals surface area contributed by atoms with Crippen molar-refractivity contribution in [3.8, 4) is 0 Å². The van der Waals surface area contributed by atoms with Gasteiger partial charge in [-0.1, -0.05) is 30.1 Å². The number of benzene rings is 1. The molecule has 1 unspecified atom stereocenters. The molecule has 110 valence electrons. The number of thioether (sulfide) groups is 1. The highest BCUT2D eigenvalue weighted by molar-refractivity contribution is 7.98. The number of carbonyl (C=O) groups excluding carboxylic acids is 1. The average Bonchev–Trinajstić information content (AvgIpc) is 2.38. The molecule has 5 nitrogen and oxygen atoms in total. The Balaban J connectivity index is 2.86. The minimum absolute atomic E-state index is 0.0109. The second-order valence-electron chi connectivity index (χ2n) is 4.32. The minimum Gasteiger partial charge on any atom is -0.352 e. The zero-order chi connectivity index (χ0) is 15.3. The number of nitrogens with zero attached hydrogens (tertiary/aromatic N) is 1. The molecule has 1 aromatic carbocycles. The highest BCUT2D eigenvalue weighted by Gasteiger charge is 2.20. The largest absolute Gasteiger partial charge is 0.352 e. The Bertz CT molecular complexity index is 526. The lowest BCUT2D eigenvalue weighted by molar-refractivity contribution is -0.384. The third kappa shape index (κ3) is 4.54. The Morgan fingerprint density at radius 2 is 2.15 bits per heavy atom. The van der Waals surface area contributed by atoms with Crippen molar-refractivity contribution in [1.29, 1.82) is 0 Å². The van der Waals surface area contributed by atoms with Gasteiger partial charge in [-0.2, -0.15) is 11.8 Å². The topological polar surface area (TPSA) is 72.2 Å². The van der Waals surface area contributed by atoms with Gasteiger partial charge in [0, 0.05) is 18.2 Å². The maximum Gasteiger partial charge on any atom is 0.290 e. The zero-order valence-electron chi connectivity index (χ0n) is 11.0. The van der Waals surface area contributed by atoms with Crippen LogP contribution in [0.4, 0.5) is 5.69 Å². The second kappa shape index (κ2) is 7.71. The van der Waals surface area contributed by atoms with Crippen LogP contribution in [0.2, 0.25) is 10.0 Å². The van der Waals surface area contributed by atoms with Crippen LogP contribution in [0.5, 0.6) is 0 Å². The first-order valence-corrected chi connectivity index (χ1v) is 7.92. The van der Waals surface area contributed by atoms with Gasteiger partial charge in [0.25, 0.3) is 11.6 Å². The van der Waals surface area contributed by atoms with Gasteiger partial charge < -0.3 is 5.32 Å². The van der Waals surface area contributed by atoms with Gasteiger partial charge in [-0.05, 0) is 24.0 Å². The summed E-state index contributed by atoms with van der Waals surface area (Å²) < 4.78 is 0. The Morgan fingerprint density at radius 1 is 1.50 bits per heavy atom. The molecule has 0 radical (unpaired) electrons. The number of hydrogen-bond donors (Lipinski definition) is 1. The third-order valence-corrected chi connectivity index (χ3v) is 4.22. The van der Waals surface area contributed by atoms with Gasteiger partial charge in [0.05, 0.1) is 9.95 Å². The minimum atomic E-state index is -0.665. The van der Waals surface area contributed by atoms with Crippen LogP contribution in [-0.4, -0.2) is 29.4 Å². The van der Waals surface area contributed by atoms with E-state index in [0.29, 0.717) is 12.5 Å². The first-order chi connectivity index (χ1) is 9.36. The molecule has 1 amide bonds. The monoisotopic (exact) mass is 336 g/mol. The van der Waals surface area contributed by atoms with Crippen LogP contribution in [0.15, 0.2) is 12.1 Å². The van der Waals surface area contributed by atoms with E-state index in [1.807, 2.05) is 13.2 Å². The predicted octanol–water partition coefficient (Wildman–Crippen LogP) is 3.63. The van der Waals surface area contributed by atoms with Crippen molar-refractivity contribution in [2.45, 2.75) is 6.92 Å². The van der Waals surface area contributed by atoms with E-state index >= 15 is 0 Å². The molecule has 8 heteroatoms. The third-order valence-electron chi connectivity index (χ3n) is 2.53. The zero-order valence-corrected chi connectivity index (χ0v) is 13.3. The normalized spacial score (nSPS) is 12.0. The van der Waals surface area contributed by atoms with Crippen molar-refractivity contribution in [2.75, 3.05) is 18.6 Å². The number of nitro benzene ring substituents is 1. The van der Waals surface area contributed by atoms with Crippen molar-refractivity contribution >= 4 is 46.6 Å². The van der Waals surface area contributed by atoms with Crippen molar-refractivity contribution in [3.05, 3.63) is 37.9 Å². The first kappa shape index (κ1) is 17.1. The molecule has 1 rings (SSSR count). The summed E-state index contributed by atoms with van der Waals surface area (Å²) in [7, 11) is 0. The van der Waals surface area contributed by atoms with E-state index in [1.54, 1.807) is 11.8 Å². The SMILES string of the molecule is CSCC(C)CNC(=O)c1cc(Cl)c(Cl)c([N+](=O)[O-])c1. The summed E-state index contributed by atoms with van der Waals surface area (Å²) in [5, 5.41) is 13.4. The Labute approximate surface area is 131 Å². The van der Waals surface area contributed by atoms with Crippen molar-refractivity contribution in [3.63, 3.8) is 0 Å². The van der Waals surface area contributed by atoms with E-state index in [-0.39, 0.29) is 21.3 Å². The second-order valence-corrected chi connectivity index (χ2v) is 6.01. The number of halogens is 2. The number of nitro groups is 1. The van der Waals surface area contributed by atoms with Crippen LogP contribution >= 0.6 is 35.0 Å². The molecule has 0 aromatic heterocycles. The molecule has 20 heavy (non-hydrogen) atoms. The maximum atomic E-state index is 11.9. The number of hydrogen-bond acceptors (Lipinski definition) is 4. The molecule has 0 spiro atoms. The number of nitrogens with one attached hydrogen (secondary N) is 1. The molecule has 1 N–H and O–H groups in total. The van der Waals surface area contributed by atoms with Gasteiger partial charge in [-0.25, -0.2) is 0 Å². The highest BCUT2D eigenvalue weighted by atomic mass is 35.5. The van der Waals surface area contributed by atoms with Crippen LogP contribution in [0.3, 0.4) is 0 Å². The molecular weight excluding hydrogens is 323 g/mol. The highest BCUT2D eigenvalue weighted by Crippen LogP contribution is 2.33. The summed E-state index contributed by atoms with van der Waals surface area (Å²) in [6.45, 7) is 2.50. The molecule has 0 aliphatic rings. The molecule has 0 heterocycles. The van der Waals surface area contributed by atoms with E-state index in [4.69, 9.17) is 23.2 Å². The van der Waals surface area contributed by atoms with E-state index in [9.17, 15) is 14.9 Å². The van der Waals surface area contributed by atoms with Crippen LogP contribution < -0.4 is 5.32 Å². The van der Waals surface area contributed by atoms with Gasteiger partial charge in [-0.15, -0.1) is 0 Å². The lowest BCUT2D eigenvalue weighted by Crippen LogP contribution is -2.29. The van der Waals surface area contributed by atoms with Gasteiger partial charge in [-0.3, -0.25) is 14.9 Å². The molecule has 0 saturated heterocycles.